The van der Waals surface area contributed by atoms with Crippen molar-refractivity contribution >= 4 is 17.6 Å². The fraction of sp³-hybridized carbons (Fsp3) is 0.385. The van der Waals surface area contributed by atoms with Gasteiger partial charge in [-0.1, -0.05) is 12.1 Å². The second-order valence-electron chi connectivity index (χ2n) is 4.44. The van der Waals surface area contributed by atoms with Crippen molar-refractivity contribution in [1.82, 2.24) is 9.80 Å². The second-order valence-corrected chi connectivity index (χ2v) is 4.44. The third kappa shape index (κ3) is 3.24. The highest BCUT2D eigenvalue weighted by Gasteiger charge is 2.23. The second kappa shape index (κ2) is 6.33. The summed E-state index contributed by atoms with van der Waals surface area (Å²) in [6, 6.07) is 5.54. The highest BCUT2D eigenvalue weighted by molar-refractivity contribution is 5.89. The minimum Gasteiger partial charge on any atom is -0.387 e. The quantitative estimate of drug-likeness (QED) is 0.829. The van der Waals surface area contributed by atoms with Gasteiger partial charge in [0.1, 0.15) is 12.4 Å². The van der Waals surface area contributed by atoms with E-state index in [1.165, 1.54) is 21.9 Å². The predicted octanol–water partition coefficient (Wildman–Crippen LogP) is 0.494. The first-order chi connectivity index (χ1) is 9.61. The van der Waals surface area contributed by atoms with Crippen molar-refractivity contribution in [3.05, 3.63) is 30.1 Å². The maximum Gasteiger partial charge on any atom is 0.322 e. The molecule has 0 saturated carbocycles. The molecule has 7 heteroatoms. The molecule has 108 valence electrons. The Morgan fingerprint density at radius 3 is 2.35 bits per heavy atom. The molecule has 0 spiro atoms. The molecule has 0 atom stereocenters. The van der Waals surface area contributed by atoms with Crippen molar-refractivity contribution in [3.8, 4) is 0 Å². The summed E-state index contributed by atoms with van der Waals surface area (Å²) in [5.74, 6) is -0.839. The first-order valence-electron chi connectivity index (χ1n) is 6.31. The maximum absolute atomic E-state index is 13.4. The van der Waals surface area contributed by atoms with E-state index < -0.39 is 18.5 Å². The Bertz CT molecular complexity index is 501. The summed E-state index contributed by atoms with van der Waals surface area (Å²) in [4.78, 5) is 26.2. The Hall–Kier alpha value is -2.15. The van der Waals surface area contributed by atoms with Crippen LogP contribution in [0, 0.1) is 5.82 Å². The lowest BCUT2D eigenvalue weighted by molar-refractivity contribution is -0.135. The summed E-state index contributed by atoms with van der Waals surface area (Å²) >= 11 is 0. The van der Waals surface area contributed by atoms with Gasteiger partial charge in [0.2, 0.25) is 5.91 Å². The van der Waals surface area contributed by atoms with E-state index in [0.717, 1.165) is 0 Å². The number of anilines is 1. The summed E-state index contributed by atoms with van der Waals surface area (Å²) in [5, 5.41) is 11.3. The number of hydrogen-bond acceptors (Lipinski definition) is 3. The Balaban J connectivity index is 1.89. The first kappa shape index (κ1) is 14.3. The van der Waals surface area contributed by atoms with Gasteiger partial charge in [-0.25, -0.2) is 9.18 Å². The van der Waals surface area contributed by atoms with Crippen molar-refractivity contribution in [2.45, 2.75) is 0 Å². The highest BCUT2D eigenvalue weighted by atomic mass is 19.1. The van der Waals surface area contributed by atoms with Gasteiger partial charge < -0.3 is 20.2 Å². The summed E-state index contributed by atoms with van der Waals surface area (Å²) in [6.45, 7) is 0.910. The number of piperazine rings is 1. The molecule has 2 N–H and O–H groups in total. The van der Waals surface area contributed by atoms with Gasteiger partial charge in [0.25, 0.3) is 0 Å². The van der Waals surface area contributed by atoms with Gasteiger partial charge in [0, 0.05) is 26.2 Å². The molecule has 0 unspecified atom stereocenters. The number of nitrogens with zero attached hydrogens (tertiary/aromatic N) is 2. The number of hydrogen-bond donors (Lipinski definition) is 2. The molecule has 0 aromatic heterocycles. The lowest BCUT2D eigenvalue weighted by Gasteiger charge is -2.34. The van der Waals surface area contributed by atoms with Crippen molar-refractivity contribution in [1.29, 1.82) is 0 Å². The molecule has 1 saturated heterocycles. The topological polar surface area (TPSA) is 72.9 Å². The largest absolute Gasteiger partial charge is 0.387 e. The minimum absolute atomic E-state index is 0.131. The number of aliphatic hydroxyl groups is 1. The van der Waals surface area contributed by atoms with Crippen LogP contribution in [-0.2, 0) is 4.79 Å². The monoisotopic (exact) mass is 281 g/mol. The molecule has 1 aliphatic rings. The molecule has 1 aliphatic heterocycles. The van der Waals surface area contributed by atoms with E-state index in [4.69, 9.17) is 5.11 Å². The maximum atomic E-state index is 13.4. The van der Waals surface area contributed by atoms with Crippen LogP contribution >= 0.6 is 0 Å². The molecule has 0 radical (unpaired) electrons. The van der Waals surface area contributed by atoms with Gasteiger partial charge >= 0.3 is 6.03 Å². The van der Waals surface area contributed by atoms with Crippen LogP contribution in [0.25, 0.3) is 0 Å². The van der Waals surface area contributed by atoms with Crippen LogP contribution in [-0.4, -0.2) is 59.6 Å². The van der Waals surface area contributed by atoms with E-state index in [1.54, 1.807) is 12.1 Å². The average Bonchev–Trinajstić information content (AvgIpc) is 2.49. The third-order valence-electron chi connectivity index (χ3n) is 3.17. The fourth-order valence-electron chi connectivity index (χ4n) is 2.02. The van der Waals surface area contributed by atoms with E-state index in [9.17, 15) is 14.0 Å². The Labute approximate surface area is 115 Å². The number of benzene rings is 1. The normalized spacial score (nSPS) is 15.1. The number of carbonyl (C=O) groups is 2. The van der Waals surface area contributed by atoms with Gasteiger partial charge in [-0.05, 0) is 12.1 Å². The van der Waals surface area contributed by atoms with Crippen molar-refractivity contribution < 1.29 is 19.1 Å². The van der Waals surface area contributed by atoms with E-state index in [0.29, 0.717) is 26.2 Å². The van der Waals surface area contributed by atoms with E-state index in [2.05, 4.69) is 5.32 Å². The summed E-state index contributed by atoms with van der Waals surface area (Å²) in [7, 11) is 0. The molecule has 2 rings (SSSR count). The van der Waals surface area contributed by atoms with Crippen LogP contribution < -0.4 is 5.32 Å². The number of nitrogens with one attached hydrogen (secondary N) is 1. The van der Waals surface area contributed by atoms with Crippen LogP contribution in [0.1, 0.15) is 0 Å². The number of para-hydroxylation sites is 1. The number of amides is 3. The first-order valence-corrected chi connectivity index (χ1v) is 6.31. The van der Waals surface area contributed by atoms with Crippen LogP contribution in [0.4, 0.5) is 14.9 Å². The number of carbonyl (C=O) groups excluding carboxylic acids is 2. The lowest BCUT2D eigenvalue weighted by Crippen LogP contribution is -2.52. The van der Waals surface area contributed by atoms with Gasteiger partial charge in [-0.15, -0.1) is 0 Å². The molecule has 1 aromatic carbocycles. The Morgan fingerprint density at radius 1 is 1.15 bits per heavy atom. The summed E-state index contributed by atoms with van der Waals surface area (Å²) < 4.78 is 13.4. The average molecular weight is 281 g/mol. The van der Waals surface area contributed by atoms with Crippen molar-refractivity contribution in [2.24, 2.45) is 0 Å². The molecule has 1 aromatic rings. The molecule has 1 fully saturated rings. The van der Waals surface area contributed by atoms with E-state index in [-0.39, 0.29) is 11.6 Å². The molecule has 0 aliphatic carbocycles. The van der Waals surface area contributed by atoms with Gasteiger partial charge in [-0.3, -0.25) is 4.79 Å². The Morgan fingerprint density at radius 2 is 1.75 bits per heavy atom. The molecule has 20 heavy (non-hydrogen) atoms. The standard InChI is InChI=1S/C13H16FN3O3/c14-10-3-1-2-4-11(10)15-13(20)17-7-5-16(6-8-17)12(19)9-18/h1-4,18H,5-9H2,(H,15,20). The predicted molar refractivity (Wildman–Crippen MR) is 70.7 cm³/mol. The van der Waals surface area contributed by atoms with E-state index in [1.807, 2.05) is 0 Å². The highest BCUT2D eigenvalue weighted by Crippen LogP contribution is 2.13. The SMILES string of the molecule is O=C(CO)N1CCN(C(=O)Nc2ccccc2F)CC1. The molecule has 3 amide bonds. The summed E-state index contributed by atoms with van der Waals surface area (Å²) in [5.41, 5.74) is 0.131. The minimum atomic E-state index is -0.526. The van der Waals surface area contributed by atoms with Gasteiger partial charge in [0.05, 0.1) is 5.69 Å². The van der Waals surface area contributed by atoms with E-state index >= 15 is 0 Å². The molecular weight excluding hydrogens is 265 g/mol. The molecule has 0 bridgehead atoms. The zero-order valence-electron chi connectivity index (χ0n) is 10.9. The number of halogens is 1. The lowest BCUT2D eigenvalue weighted by atomic mass is 10.3. The smallest absolute Gasteiger partial charge is 0.322 e. The van der Waals surface area contributed by atoms with Crippen LogP contribution in [0.5, 0.6) is 0 Å². The van der Waals surface area contributed by atoms with Gasteiger partial charge in [0.15, 0.2) is 0 Å². The zero-order chi connectivity index (χ0) is 14.5. The molecular formula is C13H16FN3O3. The zero-order valence-corrected chi connectivity index (χ0v) is 10.9. The number of urea groups is 1. The fourth-order valence-corrected chi connectivity index (χ4v) is 2.02. The Kier molecular flexibility index (Phi) is 4.52. The van der Waals surface area contributed by atoms with Crippen molar-refractivity contribution in [2.75, 3.05) is 38.1 Å². The van der Waals surface area contributed by atoms with Crippen LogP contribution in [0.15, 0.2) is 24.3 Å². The third-order valence-corrected chi connectivity index (χ3v) is 3.17. The molecule has 6 nitrogen and oxygen atoms in total. The number of rotatable bonds is 2. The molecule has 1 heterocycles. The van der Waals surface area contributed by atoms with Crippen LogP contribution in [0.2, 0.25) is 0 Å². The number of aliphatic hydroxyl groups excluding tert-OH is 1. The van der Waals surface area contributed by atoms with Crippen molar-refractivity contribution in [3.63, 3.8) is 0 Å². The van der Waals surface area contributed by atoms with Crippen LogP contribution in [0.3, 0.4) is 0 Å². The van der Waals surface area contributed by atoms with Gasteiger partial charge in [-0.2, -0.15) is 0 Å². The summed E-state index contributed by atoms with van der Waals surface area (Å²) in [6.07, 6.45) is 0.